The fourth-order valence-corrected chi connectivity index (χ4v) is 1.04. The minimum atomic E-state index is 0.661. The molecule has 1 aromatic heterocycles. The molecule has 0 amide bonds. The maximum Gasteiger partial charge on any atom is 0.148 e. The first-order valence-electron chi connectivity index (χ1n) is 3.62. The van der Waals surface area contributed by atoms with Crippen molar-refractivity contribution in [2.24, 2.45) is 5.84 Å². The lowest BCUT2D eigenvalue weighted by Gasteiger charge is -2.15. The number of hydrazine groups is 1. The highest BCUT2D eigenvalue weighted by Gasteiger charge is 2.06. The molecular formula is C7H13N5. The molecule has 1 rings (SSSR count). The van der Waals surface area contributed by atoms with Gasteiger partial charge in [0.2, 0.25) is 0 Å². The lowest BCUT2D eigenvalue weighted by atomic mass is 10.3. The fourth-order valence-electron chi connectivity index (χ4n) is 1.04. The topological polar surface area (TPSA) is 67.1 Å². The van der Waals surface area contributed by atoms with Crippen LogP contribution in [0.4, 0.5) is 11.6 Å². The standard InChI is InChI=1S/C7H13N5/c1-5-6(11-8)9-4-10-7(5)12(2)3/h4H,8H2,1-3H3,(H,9,10,11). The molecule has 0 unspecified atom stereocenters. The van der Waals surface area contributed by atoms with Crippen molar-refractivity contribution in [1.82, 2.24) is 9.97 Å². The zero-order valence-corrected chi connectivity index (χ0v) is 7.50. The van der Waals surface area contributed by atoms with E-state index in [1.165, 1.54) is 6.33 Å². The predicted octanol–water partition coefficient (Wildman–Crippen LogP) is 0.137. The van der Waals surface area contributed by atoms with Crippen LogP contribution < -0.4 is 16.2 Å². The van der Waals surface area contributed by atoms with Crippen molar-refractivity contribution in [3.05, 3.63) is 11.9 Å². The lowest BCUT2D eigenvalue weighted by Crippen LogP contribution is -2.16. The van der Waals surface area contributed by atoms with E-state index in [4.69, 9.17) is 5.84 Å². The molecule has 0 aliphatic carbocycles. The first-order chi connectivity index (χ1) is 5.66. The van der Waals surface area contributed by atoms with Gasteiger partial charge in [-0.05, 0) is 6.92 Å². The van der Waals surface area contributed by atoms with Crippen molar-refractivity contribution in [1.29, 1.82) is 0 Å². The summed E-state index contributed by atoms with van der Waals surface area (Å²) in [4.78, 5) is 9.99. The molecule has 3 N–H and O–H groups in total. The highest BCUT2D eigenvalue weighted by molar-refractivity contribution is 5.56. The number of hydrogen-bond donors (Lipinski definition) is 2. The Morgan fingerprint density at radius 2 is 2.08 bits per heavy atom. The van der Waals surface area contributed by atoms with Crippen molar-refractivity contribution >= 4 is 11.6 Å². The van der Waals surface area contributed by atoms with Crippen LogP contribution >= 0.6 is 0 Å². The second-order valence-corrected chi connectivity index (χ2v) is 2.71. The molecule has 0 spiro atoms. The molecule has 0 radical (unpaired) electrons. The molecule has 0 saturated carbocycles. The average Bonchev–Trinajstić information content (AvgIpc) is 2.04. The minimum Gasteiger partial charge on any atom is -0.362 e. The normalized spacial score (nSPS) is 9.67. The molecule has 1 aromatic rings. The van der Waals surface area contributed by atoms with Crippen molar-refractivity contribution in [3.63, 3.8) is 0 Å². The van der Waals surface area contributed by atoms with Gasteiger partial charge in [0.1, 0.15) is 18.0 Å². The molecule has 0 aromatic carbocycles. The molecule has 0 aliphatic heterocycles. The number of rotatable bonds is 2. The van der Waals surface area contributed by atoms with Gasteiger partial charge in [-0.15, -0.1) is 0 Å². The zero-order valence-electron chi connectivity index (χ0n) is 7.50. The smallest absolute Gasteiger partial charge is 0.148 e. The van der Waals surface area contributed by atoms with Crippen LogP contribution in [0.1, 0.15) is 5.56 Å². The van der Waals surface area contributed by atoms with Gasteiger partial charge in [-0.3, -0.25) is 0 Å². The Hall–Kier alpha value is -1.36. The summed E-state index contributed by atoms with van der Waals surface area (Å²) in [5.41, 5.74) is 3.46. The third-order valence-corrected chi connectivity index (χ3v) is 1.62. The van der Waals surface area contributed by atoms with Crippen molar-refractivity contribution in [3.8, 4) is 0 Å². The summed E-state index contributed by atoms with van der Waals surface area (Å²) >= 11 is 0. The third-order valence-electron chi connectivity index (χ3n) is 1.62. The summed E-state index contributed by atoms with van der Waals surface area (Å²) in [5.74, 6) is 6.79. The summed E-state index contributed by atoms with van der Waals surface area (Å²) in [6.07, 6.45) is 1.48. The van der Waals surface area contributed by atoms with Crippen LogP contribution in [0.5, 0.6) is 0 Å². The number of aromatic nitrogens is 2. The molecule has 0 aliphatic rings. The first-order valence-corrected chi connectivity index (χ1v) is 3.62. The SMILES string of the molecule is Cc1c(NN)ncnc1N(C)C. The molecule has 5 heteroatoms. The van der Waals surface area contributed by atoms with E-state index in [1.807, 2.05) is 25.9 Å². The minimum absolute atomic E-state index is 0.661. The number of hydrogen-bond acceptors (Lipinski definition) is 5. The van der Waals surface area contributed by atoms with Crippen LogP contribution in [0.25, 0.3) is 0 Å². The van der Waals surface area contributed by atoms with E-state index in [0.29, 0.717) is 5.82 Å². The summed E-state index contributed by atoms with van der Waals surface area (Å²) in [7, 11) is 3.85. The van der Waals surface area contributed by atoms with E-state index in [9.17, 15) is 0 Å². The average molecular weight is 167 g/mol. The Labute approximate surface area is 71.6 Å². The van der Waals surface area contributed by atoms with E-state index in [1.54, 1.807) is 0 Å². The quantitative estimate of drug-likeness (QED) is 0.484. The molecule has 66 valence electrons. The van der Waals surface area contributed by atoms with Gasteiger partial charge in [0.15, 0.2) is 0 Å². The largest absolute Gasteiger partial charge is 0.362 e. The third kappa shape index (κ3) is 1.45. The summed E-state index contributed by atoms with van der Waals surface area (Å²) < 4.78 is 0. The van der Waals surface area contributed by atoms with Crippen LogP contribution in [-0.4, -0.2) is 24.1 Å². The van der Waals surface area contributed by atoms with Crippen molar-refractivity contribution in [2.75, 3.05) is 24.4 Å². The van der Waals surface area contributed by atoms with Gasteiger partial charge in [-0.1, -0.05) is 0 Å². The van der Waals surface area contributed by atoms with Gasteiger partial charge in [-0.2, -0.15) is 0 Å². The van der Waals surface area contributed by atoms with E-state index in [-0.39, 0.29) is 0 Å². The van der Waals surface area contributed by atoms with E-state index < -0.39 is 0 Å². The molecule has 0 fully saturated rings. The van der Waals surface area contributed by atoms with Crippen LogP contribution in [0.15, 0.2) is 6.33 Å². The number of nitrogens with zero attached hydrogens (tertiary/aromatic N) is 3. The second kappa shape index (κ2) is 3.36. The maximum absolute atomic E-state index is 5.26. The molecule has 5 nitrogen and oxygen atoms in total. The summed E-state index contributed by atoms with van der Waals surface area (Å²) in [6, 6.07) is 0. The Morgan fingerprint density at radius 3 is 2.58 bits per heavy atom. The number of nitrogens with two attached hydrogens (primary N) is 1. The molecule has 0 bridgehead atoms. The van der Waals surface area contributed by atoms with Gasteiger partial charge in [-0.25, -0.2) is 15.8 Å². The van der Waals surface area contributed by atoms with Crippen molar-refractivity contribution in [2.45, 2.75) is 6.92 Å². The predicted molar refractivity (Wildman–Crippen MR) is 48.9 cm³/mol. The first kappa shape index (κ1) is 8.73. The number of nitrogens with one attached hydrogen (secondary N) is 1. The van der Waals surface area contributed by atoms with Crippen molar-refractivity contribution < 1.29 is 0 Å². The Morgan fingerprint density at radius 1 is 1.42 bits per heavy atom. The molecule has 0 saturated heterocycles. The Bertz CT molecular complexity index is 270. The van der Waals surface area contributed by atoms with Gasteiger partial charge >= 0.3 is 0 Å². The van der Waals surface area contributed by atoms with Gasteiger partial charge in [0, 0.05) is 19.7 Å². The molecular weight excluding hydrogens is 154 g/mol. The van der Waals surface area contributed by atoms with E-state index in [2.05, 4.69) is 15.4 Å². The van der Waals surface area contributed by atoms with Crippen LogP contribution in [0, 0.1) is 6.92 Å². The molecule has 1 heterocycles. The van der Waals surface area contributed by atoms with E-state index >= 15 is 0 Å². The highest BCUT2D eigenvalue weighted by atomic mass is 15.3. The van der Waals surface area contributed by atoms with Gasteiger partial charge in [0.25, 0.3) is 0 Å². The fraction of sp³-hybridized carbons (Fsp3) is 0.429. The summed E-state index contributed by atoms with van der Waals surface area (Å²) in [6.45, 7) is 1.92. The second-order valence-electron chi connectivity index (χ2n) is 2.71. The maximum atomic E-state index is 5.26. The van der Waals surface area contributed by atoms with Crippen LogP contribution in [-0.2, 0) is 0 Å². The number of anilines is 2. The summed E-state index contributed by atoms with van der Waals surface area (Å²) in [5, 5.41) is 0. The lowest BCUT2D eigenvalue weighted by molar-refractivity contribution is 1.01. The molecule has 12 heavy (non-hydrogen) atoms. The van der Waals surface area contributed by atoms with Gasteiger partial charge in [0.05, 0.1) is 0 Å². The Kier molecular flexibility index (Phi) is 2.44. The van der Waals surface area contributed by atoms with Gasteiger partial charge < -0.3 is 10.3 Å². The monoisotopic (exact) mass is 167 g/mol. The van der Waals surface area contributed by atoms with Crippen LogP contribution in [0.3, 0.4) is 0 Å². The highest BCUT2D eigenvalue weighted by Crippen LogP contribution is 2.18. The Balaban J connectivity index is 3.14. The molecule has 0 atom stereocenters. The van der Waals surface area contributed by atoms with Crippen LogP contribution in [0.2, 0.25) is 0 Å². The van der Waals surface area contributed by atoms with E-state index in [0.717, 1.165) is 11.4 Å². The number of nitrogen functional groups attached to an aromatic ring is 1. The zero-order chi connectivity index (χ0) is 9.14.